The molecule has 0 radical (unpaired) electrons. The van der Waals surface area contributed by atoms with E-state index in [0.29, 0.717) is 12.5 Å². The molecule has 2 saturated heterocycles. The number of esters is 1. The highest BCUT2D eigenvalue weighted by molar-refractivity contribution is 5.77. The predicted octanol–water partition coefficient (Wildman–Crippen LogP) is 0.626. The van der Waals surface area contributed by atoms with Crippen LogP contribution in [0.1, 0.15) is 38.0 Å². The van der Waals surface area contributed by atoms with E-state index in [1.54, 1.807) is 0 Å². The molecule has 0 aliphatic carbocycles. The van der Waals surface area contributed by atoms with Crippen molar-refractivity contribution < 1.29 is 14.1 Å². The summed E-state index contributed by atoms with van der Waals surface area (Å²) in [4.78, 5) is 20.6. The van der Waals surface area contributed by atoms with Gasteiger partial charge in [0.1, 0.15) is 6.04 Å². The van der Waals surface area contributed by atoms with Gasteiger partial charge in [0.25, 0.3) is 0 Å². The van der Waals surface area contributed by atoms with Crippen molar-refractivity contribution in [2.75, 3.05) is 32.8 Å². The molecular formula is C14H22N4O3. The summed E-state index contributed by atoms with van der Waals surface area (Å²) in [6, 6.07) is 0.0769. The second-order valence-electron chi connectivity index (χ2n) is 5.62. The monoisotopic (exact) mass is 294 g/mol. The molecular weight excluding hydrogens is 272 g/mol. The normalized spacial score (nSPS) is 26.0. The Kier molecular flexibility index (Phi) is 4.21. The second-order valence-corrected chi connectivity index (χ2v) is 5.62. The number of aryl methyl sites for hydroxylation is 1. The molecule has 3 rings (SSSR count). The lowest BCUT2D eigenvalue weighted by Crippen LogP contribution is -2.52. The third-order valence-corrected chi connectivity index (χ3v) is 4.40. The van der Waals surface area contributed by atoms with Gasteiger partial charge in [0.15, 0.2) is 5.82 Å². The maximum absolute atomic E-state index is 11.6. The predicted molar refractivity (Wildman–Crippen MR) is 74.6 cm³/mol. The van der Waals surface area contributed by atoms with E-state index in [0.717, 1.165) is 44.8 Å². The molecule has 7 nitrogen and oxygen atoms in total. The van der Waals surface area contributed by atoms with Crippen LogP contribution in [0.4, 0.5) is 0 Å². The molecule has 0 unspecified atom stereocenters. The number of nitrogens with zero attached hydrogens (tertiary/aromatic N) is 4. The fraction of sp³-hybridized carbons (Fsp3) is 0.786. The zero-order chi connectivity index (χ0) is 14.8. The average Bonchev–Trinajstić information content (AvgIpc) is 3.15. The van der Waals surface area contributed by atoms with Gasteiger partial charge in [-0.25, -0.2) is 0 Å². The summed E-state index contributed by atoms with van der Waals surface area (Å²) >= 11 is 0. The van der Waals surface area contributed by atoms with Crippen LogP contribution >= 0.6 is 0 Å². The maximum atomic E-state index is 11.6. The molecule has 0 N–H and O–H groups in total. The van der Waals surface area contributed by atoms with Gasteiger partial charge in [0.05, 0.1) is 12.6 Å². The topological polar surface area (TPSA) is 71.7 Å². The highest BCUT2D eigenvalue weighted by Crippen LogP contribution is 2.22. The highest BCUT2D eigenvalue weighted by Gasteiger charge is 2.35. The summed E-state index contributed by atoms with van der Waals surface area (Å²) in [5.74, 6) is 1.37. The van der Waals surface area contributed by atoms with Gasteiger partial charge in [-0.2, -0.15) is 4.98 Å². The first-order valence-electron chi connectivity index (χ1n) is 7.66. The molecule has 2 aliphatic heterocycles. The van der Waals surface area contributed by atoms with Gasteiger partial charge in [-0.3, -0.25) is 14.6 Å². The summed E-state index contributed by atoms with van der Waals surface area (Å²) in [7, 11) is 0. The Bertz CT molecular complexity index is 496. The lowest BCUT2D eigenvalue weighted by Gasteiger charge is -2.38. The number of ether oxygens (including phenoxy) is 1. The van der Waals surface area contributed by atoms with Crippen LogP contribution in [0.3, 0.4) is 0 Å². The van der Waals surface area contributed by atoms with Gasteiger partial charge in [0, 0.05) is 39.0 Å². The molecule has 3 heterocycles. The van der Waals surface area contributed by atoms with Crippen molar-refractivity contribution >= 4 is 5.97 Å². The lowest BCUT2D eigenvalue weighted by atomic mass is 10.1. The third kappa shape index (κ3) is 2.94. The molecule has 7 heteroatoms. The number of hydrogen-bond donors (Lipinski definition) is 0. The minimum absolute atomic E-state index is 0.0439. The van der Waals surface area contributed by atoms with Gasteiger partial charge in [-0.15, -0.1) is 0 Å². The van der Waals surface area contributed by atoms with Crippen LogP contribution in [0.5, 0.6) is 0 Å². The minimum atomic E-state index is -0.0685. The SMILES string of the molecule is CCc1noc([C@H](C)N2CCN([C@H]3CCOC3=O)CC2)n1. The van der Waals surface area contributed by atoms with Crippen molar-refractivity contribution in [2.24, 2.45) is 0 Å². The van der Waals surface area contributed by atoms with E-state index in [4.69, 9.17) is 9.26 Å². The van der Waals surface area contributed by atoms with E-state index in [1.165, 1.54) is 0 Å². The number of carbonyl (C=O) groups is 1. The Morgan fingerprint density at radius 1 is 1.33 bits per heavy atom. The minimum Gasteiger partial charge on any atom is -0.464 e. The third-order valence-electron chi connectivity index (χ3n) is 4.40. The smallest absolute Gasteiger partial charge is 0.323 e. The van der Waals surface area contributed by atoms with Crippen LogP contribution < -0.4 is 0 Å². The standard InChI is InChI=1S/C14H22N4O3/c1-3-12-15-13(21-16-12)10(2)17-5-7-18(8-6-17)11-4-9-20-14(11)19/h10-11H,3-9H2,1-2H3/t10-,11-/m0/s1. The Morgan fingerprint density at radius 2 is 2.10 bits per heavy atom. The van der Waals surface area contributed by atoms with Gasteiger partial charge in [0.2, 0.25) is 5.89 Å². The van der Waals surface area contributed by atoms with Crippen molar-refractivity contribution in [3.05, 3.63) is 11.7 Å². The van der Waals surface area contributed by atoms with Crippen LogP contribution in [0, 0.1) is 0 Å². The molecule has 2 atom stereocenters. The number of cyclic esters (lactones) is 1. The van der Waals surface area contributed by atoms with Gasteiger partial charge >= 0.3 is 5.97 Å². The summed E-state index contributed by atoms with van der Waals surface area (Å²) in [5, 5.41) is 3.95. The molecule has 1 aromatic heterocycles. The van der Waals surface area contributed by atoms with E-state index >= 15 is 0 Å². The zero-order valence-electron chi connectivity index (χ0n) is 12.6. The maximum Gasteiger partial charge on any atom is 0.323 e. The van der Waals surface area contributed by atoms with Crippen molar-refractivity contribution in [1.29, 1.82) is 0 Å². The molecule has 1 aromatic rings. The molecule has 0 spiro atoms. The molecule has 116 valence electrons. The van der Waals surface area contributed by atoms with E-state index in [9.17, 15) is 4.79 Å². The molecule has 0 aromatic carbocycles. The molecule has 21 heavy (non-hydrogen) atoms. The lowest BCUT2D eigenvalue weighted by molar-refractivity contribution is -0.143. The van der Waals surface area contributed by atoms with Crippen molar-refractivity contribution in [3.63, 3.8) is 0 Å². The van der Waals surface area contributed by atoms with E-state index < -0.39 is 0 Å². The van der Waals surface area contributed by atoms with Gasteiger partial charge in [-0.05, 0) is 6.92 Å². The summed E-state index contributed by atoms with van der Waals surface area (Å²) in [5.41, 5.74) is 0. The molecule has 0 amide bonds. The summed E-state index contributed by atoms with van der Waals surface area (Å²) in [6.07, 6.45) is 1.60. The fourth-order valence-electron chi connectivity index (χ4n) is 2.99. The van der Waals surface area contributed by atoms with E-state index in [1.807, 2.05) is 6.92 Å². The van der Waals surface area contributed by atoms with Gasteiger partial charge < -0.3 is 9.26 Å². The largest absolute Gasteiger partial charge is 0.464 e. The Hall–Kier alpha value is -1.47. The average molecular weight is 294 g/mol. The Balaban J connectivity index is 1.56. The second kappa shape index (κ2) is 6.11. The fourth-order valence-corrected chi connectivity index (χ4v) is 2.99. The van der Waals surface area contributed by atoms with Crippen LogP contribution in [-0.2, 0) is 16.0 Å². The Labute approximate surface area is 124 Å². The zero-order valence-corrected chi connectivity index (χ0v) is 12.6. The number of carbonyl (C=O) groups excluding carboxylic acids is 1. The molecule has 0 saturated carbocycles. The van der Waals surface area contributed by atoms with Crippen LogP contribution in [0.15, 0.2) is 4.52 Å². The van der Waals surface area contributed by atoms with E-state index in [-0.39, 0.29) is 18.1 Å². The Morgan fingerprint density at radius 3 is 2.67 bits per heavy atom. The number of hydrogen-bond acceptors (Lipinski definition) is 7. The summed E-state index contributed by atoms with van der Waals surface area (Å²) in [6.45, 7) is 8.20. The van der Waals surface area contributed by atoms with Crippen LogP contribution in [0.25, 0.3) is 0 Å². The quantitative estimate of drug-likeness (QED) is 0.754. The molecule has 2 fully saturated rings. The van der Waals surface area contributed by atoms with Crippen molar-refractivity contribution in [1.82, 2.24) is 19.9 Å². The first kappa shape index (κ1) is 14.5. The number of piperazine rings is 1. The summed E-state index contributed by atoms with van der Waals surface area (Å²) < 4.78 is 10.4. The van der Waals surface area contributed by atoms with Gasteiger partial charge in [-0.1, -0.05) is 12.1 Å². The first-order chi connectivity index (χ1) is 10.2. The van der Waals surface area contributed by atoms with Crippen molar-refractivity contribution in [3.8, 4) is 0 Å². The molecule has 0 bridgehead atoms. The van der Waals surface area contributed by atoms with Crippen LogP contribution in [0.2, 0.25) is 0 Å². The van der Waals surface area contributed by atoms with Crippen LogP contribution in [-0.4, -0.2) is 64.7 Å². The first-order valence-corrected chi connectivity index (χ1v) is 7.66. The highest BCUT2D eigenvalue weighted by atomic mass is 16.5. The number of rotatable bonds is 4. The van der Waals surface area contributed by atoms with E-state index in [2.05, 4.69) is 26.9 Å². The molecule has 2 aliphatic rings. The number of aromatic nitrogens is 2. The van der Waals surface area contributed by atoms with Crippen molar-refractivity contribution in [2.45, 2.75) is 38.8 Å².